The van der Waals surface area contributed by atoms with Crippen LogP contribution >= 0.6 is 22.9 Å². The molecule has 6 heteroatoms. The quantitative estimate of drug-likeness (QED) is 0.470. The number of phenolic OH excluding ortho intramolecular Hbond substituents is 2. The standard InChI is InChI=1S/C17H16ClNO3S/c1-2-7-19(11-13-4-3-8-23-13)16(21)6-5-12-9-14(18)17(22)15(20)10-12/h2-6,8-10,20,22H,1,7,11H2/b6-5+. The molecule has 0 bridgehead atoms. The average molecular weight is 350 g/mol. The highest BCUT2D eigenvalue weighted by Gasteiger charge is 2.11. The van der Waals surface area contributed by atoms with Gasteiger partial charge in [0.05, 0.1) is 11.6 Å². The van der Waals surface area contributed by atoms with Gasteiger partial charge in [-0.2, -0.15) is 0 Å². The monoisotopic (exact) mass is 349 g/mol. The van der Waals surface area contributed by atoms with Crippen LogP contribution in [0.5, 0.6) is 11.5 Å². The summed E-state index contributed by atoms with van der Waals surface area (Å²) in [5.41, 5.74) is 0.522. The summed E-state index contributed by atoms with van der Waals surface area (Å²) in [6, 6.07) is 6.71. The number of phenols is 2. The highest BCUT2D eigenvalue weighted by atomic mass is 35.5. The Labute approximate surface area is 143 Å². The van der Waals surface area contributed by atoms with Gasteiger partial charge in [0, 0.05) is 17.5 Å². The molecule has 23 heavy (non-hydrogen) atoms. The lowest BCUT2D eigenvalue weighted by Gasteiger charge is -2.18. The second kappa shape index (κ2) is 7.85. The van der Waals surface area contributed by atoms with Crippen LogP contribution in [-0.2, 0) is 11.3 Å². The van der Waals surface area contributed by atoms with E-state index in [0.29, 0.717) is 18.7 Å². The van der Waals surface area contributed by atoms with Gasteiger partial charge in [0.25, 0.3) is 0 Å². The van der Waals surface area contributed by atoms with E-state index in [2.05, 4.69) is 6.58 Å². The van der Waals surface area contributed by atoms with Crippen molar-refractivity contribution in [3.05, 3.63) is 63.8 Å². The van der Waals surface area contributed by atoms with E-state index < -0.39 is 0 Å². The van der Waals surface area contributed by atoms with Crippen molar-refractivity contribution < 1.29 is 15.0 Å². The first-order valence-corrected chi connectivity index (χ1v) is 8.08. The summed E-state index contributed by atoms with van der Waals surface area (Å²) in [5.74, 6) is -0.880. The fraction of sp³-hybridized carbons (Fsp3) is 0.118. The predicted molar refractivity (Wildman–Crippen MR) is 93.7 cm³/mol. The molecule has 0 saturated carbocycles. The summed E-state index contributed by atoms with van der Waals surface area (Å²) < 4.78 is 0. The largest absolute Gasteiger partial charge is 0.504 e. The molecule has 0 fully saturated rings. The molecule has 1 aromatic carbocycles. The van der Waals surface area contributed by atoms with Crippen LogP contribution in [0, 0.1) is 0 Å². The van der Waals surface area contributed by atoms with Crippen molar-refractivity contribution >= 4 is 34.9 Å². The Hall–Kier alpha value is -2.24. The van der Waals surface area contributed by atoms with Gasteiger partial charge in [-0.05, 0) is 35.2 Å². The third-order valence-corrected chi connectivity index (χ3v) is 4.22. The van der Waals surface area contributed by atoms with E-state index in [4.69, 9.17) is 11.6 Å². The third kappa shape index (κ3) is 4.61. The molecule has 1 aromatic heterocycles. The highest BCUT2D eigenvalue weighted by Crippen LogP contribution is 2.34. The molecule has 2 rings (SSSR count). The number of carbonyl (C=O) groups excluding carboxylic acids is 1. The normalized spacial score (nSPS) is 10.8. The molecule has 0 aliphatic rings. The Balaban J connectivity index is 2.12. The lowest BCUT2D eigenvalue weighted by Crippen LogP contribution is -2.28. The molecule has 0 spiro atoms. The number of nitrogens with zero attached hydrogens (tertiary/aromatic N) is 1. The van der Waals surface area contributed by atoms with Crippen molar-refractivity contribution in [3.8, 4) is 11.5 Å². The number of halogens is 1. The maximum Gasteiger partial charge on any atom is 0.247 e. The molecule has 0 atom stereocenters. The number of rotatable bonds is 6. The lowest BCUT2D eigenvalue weighted by molar-refractivity contribution is -0.126. The van der Waals surface area contributed by atoms with E-state index >= 15 is 0 Å². The minimum atomic E-state index is -0.374. The number of aromatic hydroxyl groups is 2. The first kappa shape index (κ1) is 17.1. The first-order valence-electron chi connectivity index (χ1n) is 6.83. The summed E-state index contributed by atoms with van der Waals surface area (Å²) in [6.45, 7) is 4.61. The van der Waals surface area contributed by atoms with Crippen LogP contribution in [0.3, 0.4) is 0 Å². The average Bonchev–Trinajstić information content (AvgIpc) is 3.02. The zero-order chi connectivity index (χ0) is 16.8. The smallest absolute Gasteiger partial charge is 0.247 e. The fourth-order valence-electron chi connectivity index (χ4n) is 1.95. The Morgan fingerprint density at radius 3 is 2.78 bits per heavy atom. The van der Waals surface area contributed by atoms with Crippen LogP contribution in [0.2, 0.25) is 5.02 Å². The van der Waals surface area contributed by atoms with Crippen molar-refractivity contribution in [2.75, 3.05) is 6.54 Å². The van der Waals surface area contributed by atoms with Gasteiger partial charge >= 0.3 is 0 Å². The Bertz CT molecular complexity index is 702. The van der Waals surface area contributed by atoms with E-state index in [0.717, 1.165) is 4.88 Å². The predicted octanol–water partition coefficient (Wildman–Crippen LogP) is 4.04. The Morgan fingerprint density at radius 1 is 1.39 bits per heavy atom. The van der Waals surface area contributed by atoms with Gasteiger partial charge in [-0.3, -0.25) is 4.79 Å². The van der Waals surface area contributed by atoms with Crippen molar-refractivity contribution in [3.63, 3.8) is 0 Å². The summed E-state index contributed by atoms with van der Waals surface area (Å²) in [7, 11) is 0. The number of thiophene rings is 1. The molecule has 0 radical (unpaired) electrons. The minimum absolute atomic E-state index is 0.0265. The van der Waals surface area contributed by atoms with E-state index in [-0.39, 0.29) is 22.4 Å². The van der Waals surface area contributed by atoms with Crippen LogP contribution in [-0.4, -0.2) is 27.6 Å². The van der Waals surface area contributed by atoms with Gasteiger partial charge in [-0.15, -0.1) is 17.9 Å². The summed E-state index contributed by atoms with van der Waals surface area (Å²) >= 11 is 7.37. The van der Waals surface area contributed by atoms with Gasteiger partial charge in [0.2, 0.25) is 5.91 Å². The molecule has 0 saturated heterocycles. The molecular formula is C17H16ClNO3S. The summed E-state index contributed by atoms with van der Waals surface area (Å²) in [5, 5.41) is 20.9. The molecule has 0 unspecified atom stereocenters. The Kier molecular flexibility index (Phi) is 5.84. The van der Waals surface area contributed by atoms with Crippen LogP contribution in [0.25, 0.3) is 6.08 Å². The van der Waals surface area contributed by atoms with Crippen molar-refractivity contribution in [1.29, 1.82) is 0 Å². The van der Waals surface area contributed by atoms with Crippen molar-refractivity contribution in [1.82, 2.24) is 4.90 Å². The first-order chi connectivity index (χ1) is 11.0. The molecule has 2 N–H and O–H groups in total. The molecule has 1 amide bonds. The van der Waals surface area contributed by atoms with Crippen LogP contribution < -0.4 is 0 Å². The van der Waals surface area contributed by atoms with Gasteiger partial charge in [-0.1, -0.05) is 23.7 Å². The van der Waals surface area contributed by atoms with Crippen LogP contribution in [0.15, 0.2) is 48.4 Å². The third-order valence-electron chi connectivity index (χ3n) is 3.07. The SMILES string of the molecule is C=CCN(Cc1cccs1)C(=O)/C=C/c1cc(O)c(O)c(Cl)c1. The molecule has 2 aromatic rings. The van der Waals surface area contributed by atoms with Gasteiger partial charge < -0.3 is 15.1 Å². The van der Waals surface area contributed by atoms with Crippen LogP contribution in [0.1, 0.15) is 10.4 Å². The maximum atomic E-state index is 12.3. The summed E-state index contributed by atoms with van der Waals surface area (Å²) in [4.78, 5) is 15.1. The second-order valence-corrected chi connectivity index (χ2v) is 6.23. The molecule has 4 nitrogen and oxygen atoms in total. The summed E-state index contributed by atoms with van der Waals surface area (Å²) in [6.07, 6.45) is 4.61. The van der Waals surface area contributed by atoms with E-state index in [9.17, 15) is 15.0 Å². The molecule has 0 aliphatic heterocycles. The molecule has 120 valence electrons. The Morgan fingerprint density at radius 2 is 2.17 bits per heavy atom. The van der Waals surface area contributed by atoms with Gasteiger partial charge in [0.15, 0.2) is 11.5 Å². The maximum absolute atomic E-state index is 12.3. The zero-order valence-electron chi connectivity index (χ0n) is 12.3. The number of benzene rings is 1. The number of amides is 1. The lowest BCUT2D eigenvalue weighted by atomic mass is 10.2. The van der Waals surface area contributed by atoms with Crippen LogP contribution in [0.4, 0.5) is 0 Å². The topological polar surface area (TPSA) is 60.8 Å². The van der Waals surface area contributed by atoms with E-state index in [1.165, 1.54) is 24.3 Å². The molecular weight excluding hydrogens is 334 g/mol. The molecule has 1 heterocycles. The number of carbonyl (C=O) groups is 1. The van der Waals surface area contributed by atoms with E-state index in [1.807, 2.05) is 17.5 Å². The van der Waals surface area contributed by atoms with Gasteiger partial charge in [0.1, 0.15) is 0 Å². The van der Waals surface area contributed by atoms with Gasteiger partial charge in [-0.25, -0.2) is 0 Å². The highest BCUT2D eigenvalue weighted by molar-refractivity contribution is 7.09. The zero-order valence-corrected chi connectivity index (χ0v) is 13.8. The second-order valence-electron chi connectivity index (χ2n) is 4.79. The fourth-order valence-corrected chi connectivity index (χ4v) is 2.90. The number of hydrogen-bond donors (Lipinski definition) is 2. The minimum Gasteiger partial charge on any atom is -0.504 e. The van der Waals surface area contributed by atoms with Crippen molar-refractivity contribution in [2.24, 2.45) is 0 Å². The number of hydrogen-bond acceptors (Lipinski definition) is 4. The van der Waals surface area contributed by atoms with E-state index in [1.54, 1.807) is 22.3 Å². The van der Waals surface area contributed by atoms with Crippen molar-refractivity contribution in [2.45, 2.75) is 6.54 Å². The molecule has 0 aliphatic carbocycles.